The molecule has 0 aromatic heterocycles. The molecule has 1 saturated carbocycles. The fraction of sp³-hybridized carbons (Fsp3) is 0.562. The van der Waals surface area contributed by atoms with Gasteiger partial charge in [-0.05, 0) is 30.5 Å². The summed E-state index contributed by atoms with van der Waals surface area (Å²) in [5.74, 6) is 0.135. The molecule has 20 heavy (non-hydrogen) atoms. The van der Waals surface area contributed by atoms with Gasteiger partial charge in [0, 0.05) is 11.7 Å². The van der Waals surface area contributed by atoms with Crippen molar-refractivity contribution in [3.63, 3.8) is 0 Å². The summed E-state index contributed by atoms with van der Waals surface area (Å²) in [6, 6.07) is 7.92. The number of hydrogen-bond acceptors (Lipinski definition) is 2. The maximum Gasteiger partial charge on any atom is 0.224 e. The molecule has 3 nitrogen and oxygen atoms in total. The van der Waals surface area contributed by atoms with Crippen LogP contribution in [0.15, 0.2) is 24.3 Å². The average Bonchev–Trinajstić information content (AvgIpc) is 2.35. The fourth-order valence-corrected chi connectivity index (χ4v) is 2.70. The van der Waals surface area contributed by atoms with E-state index < -0.39 is 0 Å². The molecular formula is C16H25ClN2O. The Morgan fingerprint density at radius 2 is 1.60 bits per heavy atom. The summed E-state index contributed by atoms with van der Waals surface area (Å²) in [4.78, 5) is 12.0. The number of hydrogen-bond donors (Lipinski definition) is 2. The normalized spacial score (nSPS) is 16.6. The highest BCUT2D eigenvalue weighted by Gasteiger charge is 2.14. The van der Waals surface area contributed by atoms with Crippen LogP contribution in [0.5, 0.6) is 0 Å². The highest BCUT2D eigenvalue weighted by Crippen LogP contribution is 2.17. The minimum absolute atomic E-state index is 0. The van der Waals surface area contributed by atoms with Crippen LogP contribution in [0.25, 0.3) is 0 Å². The Hall–Kier alpha value is -1.22. The summed E-state index contributed by atoms with van der Waals surface area (Å²) in [5.41, 5.74) is 7.40. The quantitative estimate of drug-likeness (QED) is 0.839. The second-order valence-electron chi connectivity index (χ2n) is 5.53. The van der Waals surface area contributed by atoms with Crippen LogP contribution < -0.4 is 11.1 Å². The second kappa shape index (κ2) is 8.85. The number of carbonyl (C=O) groups excluding carboxylic acids is 1. The van der Waals surface area contributed by atoms with E-state index in [0.29, 0.717) is 12.5 Å². The molecule has 1 aliphatic carbocycles. The van der Waals surface area contributed by atoms with Crippen LogP contribution in [-0.4, -0.2) is 11.9 Å². The summed E-state index contributed by atoms with van der Waals surface area (Å²) in [7, 11) is 0. The standard InChI is InChI=1S/C16H24N2O.ClH/c17-14-10-8-13(9-11-14)12-16(19)18-15-6-4-2-1-3-5-7-15;/h8-11,15H,1-7,12,17H2,(H,18,19);1H. The van der Waals surface area contributed by atoms with Gasteiger partial charge < -0.3 is 11.1 Å². The number of benzene rings is 1. The van der Waals surface area contributed by atoms with Crippen molar-refractivity contribution in [3.8, 4) is 0 Å². The van der Waals surface area contributed by atoms with Gasteiger partial charge in [-0.2, -0.15) is 0 Å². The monoisotopic (exact) mass is 296 g/mol. The number of nitrogens with two attached hydrogens (primary N) is 1. The molecule has 4 heteroatoms. The number of rotatable bonds is 3. The second-order valence-corrected chi connectivity index (χ2v) is 5.53. The third-order valence-corrected chi connectivity index (χ3v) is 3.81. The van der Waals surface area contributed by atoms with Crippen molar-refractivity contribution in [2.45, 2.75) is 57.4 Å². The van der Waals surface area contributed by atoms with Crippen molar-refractivity contribution in [1.29, 1.82) is 0 Å². The lowest BCUT2D eigenvalue weighted by Crippen LogP contribution is -2.36. The number of nitrogen functional groups attached to an aromatic ring is 1. The van der Waals surface area contributed by atoms with Gasteiger partial charge in [-0.1, -0.05) is 44.2 Å². The lowest BCUT2D eigenvalue weighted by molar-refractivity contribution is -0.121. The fourth-order valence-electron chi connectivity index (χ4n) is 2.70. The first-order valence-corrected chi connectivity index (χ1v) is 7.38. The molecule has 2 rings (SSSR count). The molecule has 0 aliphatic heterocycles. The summed E-state index contributed by atoms with van der Waals surface area (Å²) in [5, 5.41) is 3.18. The Balaban J connectivity index is 0.00000200. The van der Waals surface area contributed by atoms with Gasteiger partial charge in [0.25, 0.3) is 0 Å². The molecule has 0 radical (unpaired) electrons. The molecule has 1 aromatic rings. The number of carbonyl (C=O) groups is 1. The van der Waals surface area contributed by atoms with E-state index in [2.05, 4.69) is 5.32 Å². The Morgan fingerprint density at radius 1 is 1.05 bits per heavy atom. The van der Waals surface area contributed by atoms with E-state index in [4.69, 9.17) is 5.73 Å². The predicted octanol–water partition coefficient (Wildman–Crippen LogP) is 3.46. The highest BCUT2D eigenvalue weighted by molar-refractivity contribution is 5.85. The van der Waals surface area contributed by atoms with E-state index in [9.17, 15) is 4.79 Å². The largest absolute Gasteiger partial charge is 0.399 e. The molecule has 1 fully saturated rings. The minimum atomic E-state index is 0. The molecule has 1 aliphatic rings. The number of nitrogens with one attached hydrogen (secondary N) is 1. The molecule has 3 N–H and O–H groups in total. The molecule has 0 saturated heterocycles. The Morgan fingerprint density at radius 3 is 2.20 bits per heavy atom. The van der Waals surface area contributed by atoms with Crippen LogP contribution in [0.3, 0.4) is 0 Å². The molecule has 0 spiro atoms. The molecule has 0 heterocycles. The predicted molar refractivity (Wildman–Crippen MR) is 86.1 cm³/mol. The Bertz CT molecular complexity index is 397. The Labute approximate surface area is 127 Å². The van der Waals surface area contributed by atoms with Crippen LogP contribution in [-0.2, 0) is 11.2 Å². The van der Waals surface area contributed by atoms with Crippen LogP contribution in [0.1, 0.15) is 50.5 Å². The van der Waals surface area contributed by atoms with Crippen molar-refractivity contribution in [2.75, 3.05) is 5.73 Å². The lowest BCUT2D eigenvalue weighted by atomic mass is 9.96. The van der Waals surface area contributed by atoms with Gasteiger partial charge in [-0.15, -0.1) is 12.4 Å². The van der Waals surface area contributed by atoms with Crippen molar-refractivity contribution < 1.29 is 4.79 Å². The van der Waals surface area contributed by atoms with E-state index in [1.807, 2.05) is 24.3 Å². The number of halogens is 1. The van der Waals surface area contributed by atoms with E-state index in [1.165, 1.54) is 32.1 Å². The number of amides is 1. The first-order valence-electron chi connectivity index (χ1n) is 7.38. The first kappa shape index (κ1) is 16.8. The maximum atomic E-state index is 12.0. The van der Waals surface area contributed by atoms with Gasteiger partial charge in [0.1, 0.15) is 0 Å². The van der Waals surface area contributed by atoms with Crippen molar-refractivity contribution in [1.82, 2.24) is 5.32 Å². The molecule has 0 atom stereocenters. The van der Waals surface area contributed by atoms with Gasteiger partial charge in [-0.25, -0.2) is 0 Å². The zero-order chi connectivity index (χ0) is 13.5. The topological polar surface area (TPSA) is 55.1 Å². The van der Waals surface area contributed by atoms with E-state index in [0.717, 1.165) is 24.1 Å². The third kappa shape index (κ3) is 5.83. The molecule has 0 unspecified atom stereocenters. The van der Waals surface area contributed by atoms with E-state index in [-0.39, 0.29) is 18.3 Å². The van der Waals surface area contributed by atoms with Gasteiger partial charge in [-0.3, -0.25) is 4.79 Å². The first-order chi connectivity index (χ1) is 9.24. The molecular weight excluding hydrogens is 272 g/mol. The zero-order valence-corrected chi connectivity index (χ0v) is 12.8. The van der Waals surface area contributed by atoms with Crippen molar-refractivity contribution >= 4 is 24.0 Å². The minimum Gasteiger partial charge on any atom is -0.399 e. The molecule has 1 aromatic carbocycles. The zero-order valence-electron chi connectivity index (χ0n) is 11.9. The van der Waals surface area contributed by atoms with Crippen LogP contribution in [0, 0.1) is 0 Å². The van der Waals surface area contributed by atoms with Gasteiger partial charge >= 0.3 is 0 Å². The summed E-state index contributed by atoms with van der Waals surface area (Å²) < 4.78 is 0. The Kier molecular flexibility index (Phi) is 7.45. The smallest absolute Gasteiger partial charge is 0.224 e. The molecule has 112 valence electrons. The highest BCUT2D eigenvalue weighted by atomic mass is 35.5. The summed E-state index contributed by atoms with van der Waals surface area (Å²) >= 11 is 0. The lowest BCUT2D eigenvalue weighted by Gasteiger charge is -2.21. The van der Waals surface area contributed by atoms with E-state index in [1.54, 1.807) is 0 Å². The maximum absolute atomic E-state index is 12.0. The van der Waals surface area contributed by atoms with Gasteiger partial charge in [0.2, 0.25) is 5.91 Å². The molecule has 1 amide bonds. The van der Waals surface area contributed by atoms with Gasteiger partial charge in [0.05, 0.1) is 6.42 Å². The average molecular weight is 297 g/mol. The number of anilines is 1. The summed E-state index contributed by atoms with van der Waals surface area (Å²) in [6.45, 7) is 0. The van der Waals surface area contributed by atoms with Crippen LogP contribution in [0.2, 0.25) is 0 Å². The van der Waals surface area contributed by atoms with Crippen LogP contribution in [0.4, 0.5) is 5.69 Å². The van der Waals surface area contributed by atoms with E-state index >= 15 is 0 Å². The summed E-state index contributed by atoms with van der Waals surface area (Å²) in [6.07, 6.45) is 9.18. The van der Waals surface area contributed by atoms with Crippen LogP contribution >= 0.6 is 12.4 Å². The SMILES string of the molecule is Cl.Nc1ccc(CC(=O)NC2CCCCCCC2)cc1. The van der Waals surface area contributed by atoms with Crippen molar-refractivity contribution in [2.24, 2.45) is 0 Å². The van der Waals surface area contributed by atoms with Gasteiger partial charge in [0.15, 0.2) is 0 Å². The van der Waals surface area contributed by atoms with Crippen molar-refractivity contribution in [3.05, 3.63) is 29.8 Å². The molecule has 0 bridgehead atoms. The third-order valence-electron chi connectivity index (χ3n) is 3.81.